The molecular weight excluding hydrogens is 294 g/mol. The standard InChI is InChI=1S/C17H21N3OS/c1-2-3-11-15-16(21)18-17(22-15)20-19-14-10-6-8-12-7-4-5-9-13(12)14/h4-5,7,9,15H,2-3,6,8,10-11H2,1H3,(H,18,20,21)/b19-14-. The summed E-state index contributed by atoms with van der Waals surface area (Å²) in [5.74, 6) is 0.0708. The van der Waals surface area contributed by atoms with E-state index in [4.69, 9.17) is 0 Å². The molecule has 0 aromatic heterocycles. The highest BCUT2D eigenvalue weighted by Crippen LogP contribution is 2.25. The Balaban J connectivity index is 1.73. The highest BCUT2D eigenvalue weighted by Gasteiger charge is 2.29. The van der Waals surface area contributed by atoms with Gasteiger partial charge >= 0.3 is 0 Å². The maximum absolute atomic E-state index is 11.9. The number of rotatable bonds is 4. The molecule has 1 fully saturated rings. The van der Waals surface area contributed by atoms with Crippen molar-refractivity contribution in [3.63, 3.8) is 0 Å². The zero-order valence-electron chi connectivity index (χ0n) is 12.8. The lowest BCUT2D eigenvalue weighted by molar-refractivity contribution is -0.118. The van der Waals surface area contributed by atoms with E-state index in [1.54, 1.807) is 0 Å². The topological polar surface area (TPSA) is 53.8 Å². The lowest BCUT2D eigenvalue weighted by atomic mass is 9.90. The first-order valence-electron chi connectivity index (χ1n) is 7.98. The van der Waals surface area contributed by atoms with E-state index in [2.05, 4.69) is 40.6 Å². The summed E-state index contributed by atoms with van der Waals surface area (Å²) in [5, 5.41) is 12.2. The molecule has 1 unspecified atom stereocenters. The summed E-state index contributed by atoms with van der Waals surface area (Å²) in [7, 11) is 0. The number of carbonyl (C=O) groups excluding carboxylic acids is 1. The molecule has 1 aromatic carbocycles. The molecule has 1 atom stereocenters. The van der Waals surface area contributed by atoms with Crippen molar-refractivity contribution in [2.75, 3.05) is 0 Å². The van der Waals surface area contributed by atoms with Gasteiger partial charge in [-0.25, -0.2) is 0 Å². The smallest absolute Gasteiger partial charge is 0.239 e. The quantitative estimate of drug-likeness (QED) is 0.865. The van der Waals surface area contributed by atoms with Crippen LogP contribution in [0.2, 0.25) is 0 Å². The number of unbranched alkanes of at least 4 members (excludes halogenated alkanes) is 1. The maximum Gasteiger partial charge on any atom is 0.239 e. The number of fused-ring (bicyclic) bond motifs is 1. The Morgan fingerprint density at radius 2 is 2.14 bits per heavy atom. The first-order valence-corrected chi connectivity index (χ1v) is 8.86. The molecule has 1 aromatic rings. The molecule has 0 bridgehead atoms. The average Bonchev–Trinajstić information content (AvgIpc) is 2.91. The van der Waals surface area contributed by atoms with Crippen LogP contribution < -0.4 is 5.32 Å². The van der Waals surface area contributed by atoms with Crippen LogP contribution in [0.3, 0.4) is 0 Å². The molecule has 1 amide bonds. The Kier molecular flexibility index (Phi) is 4.93. The van der Waals surface area contributed by atoms with Gasteiger partial charge in [0, 0.05) is 5.56 Å². The zero-order valence-corrected chi connectivity index (χ0v) is 13.7. The minimum atomic E-state index is -0.00228. The van der Waals surface area contributed by atoms with Gasteiger partial charge in [0.25, 0.3) is 0 Å². The van der Waals surface area contributed by atoms with Gasteiger partial charge in [-0.3, -0.25) is 4.79 Å². The fourth-order valence-electron chi connectivity index (χ4n) is 2.84. The number of nitrogens with one attached hydrogen (secondary N) is 1. The summed E-state index contributed by atoms with van der Waals surface area (Å²) in [4.78, 5) is 11.9. The van der Waals surface area contributed by atoms with Crippen LogP contribution in [0.5, 0.6) is 0 Å². The van der Waals surface area contributed by atoms with E-state index in [-0.39, 0.29) is 11.2 Å². The van der Waals surface area contributed by atoms with Gasteiger partial charge in [0.2, 0.25) is 5.91 Å². The first kappa shape index (κ1) is 15.3. The summed E-state index contributed by atoms with van der Waals surface area (Å²) in [6.07, 6.45) is 6.25. The highest BCUT2D eigenvalue weighted by atomic mass is 32.2. The van der Waals surface area contributed by atoms with E-state index >= 15 is 0 Å². The monoisotopic (exact) mass is 315 g/mol. The van der Waals surface area contributed by atoms with Crippen molar-refractivity contribution < 1.29 is 4.79 Å². The van der Waals surface area contributed by atoms with Crippen molar-refractivity contribution in [2.45, 2.75) is 50.7 Å². The van der Waals surface area contributed by atoms with Crippen LogP contribution in [-0.4, -0.2) is 22.0 Å². The second kappa shape index (κ2) is 7.09. The number of benzene rings is 1. The largest absolute Gasteiger partial charge is 0.303 e. The van der Waals surface area contributed by atoms with Crippen molar-refractivity contribution >= 4 is 28.5 Å². The molecule has 3 rings (SSSR count). The SMILES string of the molecule is CCCCC1SC(=N/N=C2/CCCc3ccccc32)NC1=O. The Bertz CT molecular complexity index is 624. The highest BCUT2D eigenvalue weighted by molar-refractivity contribution is 8.15. The molecule has 0 spiro atoms. The van der Waals surface area contributed by atoms with Crippen LogP contribution in [0, 0.1) is 0 Å². The zero-order chi connectivity index (χ0) is 15.4. The maximum atomic E-state index is 11.9. The molecule has 22 heavy (non-hydrogen) atoms. The average molecular weight is 315 g/mol. The molecule has 1 aliphatic carbocycles. The van der Waals surface area contributed by atoms with Crippen LogP contribution in [0.1, 0.15) is 50.2 Å². The minimum absolute atomic E-state index is 0.00228. The molecule has 116 valence electrons. The Morgan fingerprint density at radius 1 is 1.27 bits per heavy atom. The van der Waals surface area contributed by atoms with E-state index in [1.165, 1.54) is 22.9 Å². The fraction of sp³-hybridized carbons (Fsp3) is 0.471. The second-order valence-corrected chi connectivity index (χ2v) is 6.89. The third kappa shape index (κ3) is 3.40. The molecule has 1 N–H and O–H groups in total. The third-order valence-electron chi connectivity index (χ3n) is 4.05. The van der Waals surface area contributed by atoms with Gasteiger partial charge in [-0.05, 0) is 31.2 Å². The van der Waals surface area contributed by atoms with Crippen LogP contribution in [0.4, 0.5) is 0 Å². The molecular formula is C17H21N3OS. The van der Waals surface area contributed by atoms with E-state index in [9.17, 15) is 4.79 Å². The summed E-state index contributed by atoms with van der Waals surface area (Å²) in [6, 6.07) is 8.38. The van der Waals surface area contributed by atoms with Crippen molar-refractivity contribution in [3.8, 4) is 0 Å². The van der Waals surface area contributed by atoms with Crippen LogP contribution in [-0.2, 0) is 11.2 Å². The number of carbonyl (C=O) groups is 1. The molecule has 5 heteroatoms. The van der Waals surface area contributed by atoms with Crippen molar-refractivity contribution in [2.24, 2.45) is 10.2 Å². The van der Waals surface area contributed by atoms with Gasteiger partial charge < -0.3 is 5.32 Å². The predicted octanol–water partition coefficient (Wildman–Crippen LogP) is 3.50. The molecule has 0 saturated carbocycles. The van der Waals surface area contributed by atoms with Gasteiger partial charge in [0.15, 0.2) is 5.17 Å². The molecule has 0 radical (unpaired) electrons. The minimum Gasteiger partial charge on any atom is -0.303 e. The lowest BCUT2D eigenvalue weighted by Crippen LogP contribution is -2.24. The van der Waals surface area contributed by atoms with Gasteiger partial charge in [0.1, 0.15) is 0 Å². The normalized spacial score (nSPS) is 24.6. The number of hydrogen-bond donors (Lipinski definition) is 1. The van der Waals surface area contributed by atoms with Crippen molar-refractivity contribution in [1.29, 1.82) is 0 Å². The first-order chi connectivity index (χ1) is 10.8. The number of amidine groups is 1. The van der Waals surface area contributed by atoms with Crippen molar-refractivity contribution in [3.05, 3.63) is 35.4 Å². The van der Waals surface area contributed by atoms with Crippen molar-refractivity contribution in [1.82, 2.24) is 5.32 Å². The van der Waals surface area contributed by atoms with Crippen LogP contribution in [0.25, 0.3) is 0 Å². The van der Waals surface area contributed by atoms with E-state index < -0.39 is 0 Å². The molecule has 1 saturated heterocycles. The summed E-state index contributed by atoms with van der Waals surface area (Å²) in [6.45, 7) is 2.14. The van der Waals surface area contributed by atoms with E-state index in [0.717, 1.165) is 44.2 Å². The summed E-state index contributed by atoms with van der Waals surface area (Å²) >= 11 is 1.51. The summed E-state index contributed by atoms with van der Waals surface area (Å²) < 4.78 is 0. The third-order valence-corrected chi connectivity index (χ3v) is 5.19. The van der Waals surface area contributed by atoms with Gasteiger partial charge in [-0.15, -0.1) is 5.10 Å². The summed E-state index contributed by atoms with van der Waals surface area (Å²) in [5.41, 5.74) is 3.58. The number of thioether (sulfide) groups is 1. The second-order valence-electron chi connectivity index (χ2n) is 5.70. The number of amides is 1. The predicted molar refractivity (Wildman–Crippen MR) is 92.4 cm³/mol. The molecule has 2 aliphatic rings. The Labute approximate surface area is 135 Å². The van der Waals surface area contributed by atoms with Gasteiger partial charge in [-0.1, -0.05) is 55.8 Å². The Morgan fingerprint density at radius 3 is 3.00 bits per heavy atom. The van der Waals surface area contributed by atoms with E-state index in [1.807, 2.05) is 6.07 Å². The molecule has 1 aliphatic heterocycles. The van der Waals surface area contributed by atoms with Gasteiger partial charge in [0.05, 0.1) is 11.0 Å². The fourth-order valence-corrected chi connectivity index (χ4v) is 3.81. The number of aryl methyl sites for hydroxylation is 1. The van der Waals surface area contributed by atoms with Crippen LogP contribution in [0.15, 0.2) is 34.5 Å². The number of hydrogen-bond acceptors (Lipinski definition) is 4. The number of nitrogens with zero attached hydrogens (tertiary/aromatic N) is 2. The van der Waals surface area contributed by atoms with Crippen LogP contribution >= 0.6 is 11.8 Å². The van der Waals surface area contributed by atoms with E-state index in [0.29, 0.717) is 5.17 Å². The molecule has 4 nitrogen and oxygen atoms in total. The molecule has 1 heterocycles. The van der Waals surface area contributed by atoms with Gasteiger partial charge in [-0.2, -0.15) is 5.10 Å². The Hall–Kier alpha value is -1.62. The lowest BCUT2D eigenvalue weighted by Gasteiger charge is -2.16.